The lowest BCUT2D eigenvalue weighted by molar-refractivity contribution is 0.356. The zero-order valence-corrected chi connectivity index (χ0v) is 13.7. The summed E-state index contributed by atoms with van der Waals surface area (Å²) in [7, 11) is 2.00. The average Bonchev–Trinajstić information content (AvgIpc) is 2.68. The third kappa shape index (κ3) is 4.22. The highest BCUT2D eigenvalue weighted by molar-refractivity contribution is 6.31. The lowest BCUT2D eigenvalue weighted by atomic mass is 9.92. The standard InChI is InChI=1S/C15H28ClN3/c1-6-9-17-11(4)12(7-2)10-14-15(16)13(8-3)18-19(14)5/h11-12,17H,6-10H2,1-5H3. The van der Waals surface area contributed by atoms with Gasteiger partial charge in [-0.1, -0.05) is 38.8 Å². The molecule has 1 aromatic heterocycles. The van der Waals surface area contributed by atoms with Crippen molar-refractivity contribution in [1.29, 1.82) is 0 Å². The summed E-state index contributed by atoms with van der Waals surface area (Å²) in [5, 5.41) is 8.96. The predicted molar refractivity (Wildman–Crippen MR) is 82.8 cm³/mol. The SMILES string of the molecule is CCCNC(C)C(CC)Cc1c(Cl)c(CC)nn1C. The van der Waals surface area contributed by atoms with Crippen LogP contribution in [-0.2, 0) is 19.9 Å². The molecule has 0 bridgehead atoms. The van der Waals surface area contributed by atoms with Crippen molar-refractivity contribution in [2.45, 2.75) is 59.4 Å². The van der Waals surface area contributed by atoms with Gasteiger partial charge in [0.25, 0.3) is 0 Å². The minimum atomic E-state index is 0.515. The highest BCUT2D eigenvalue weighted by Crippen LogP contribution is 2.25. The van der Waals surface area contributed by atoms with Crippen molar-refractivity contribution in [3.63, 3.8) is 0 Å². The molecular formula is C15H28ClN3. The first-order valence-electron chi connectivity index (χ1n) is 7.48. The topological polar surface area (TPSA) is 29.9 Å². The Morgan fingerprint density at radius 2 is 2.00 bits per heavy atom. The highest BCUT2D eigenvalue weighted by Gasteiger charge is 2.20. The molecule has 0 spiro atoms. The summed E-state index contributed by atoms with van der Waals surface area (Å²) >= 11 is 6.44. The molecule has 1 heterocycles. The highest BCUT2D eigenvalue weighted by atomic mass is 35.5. The van der Waals surface area contributed by atoms with E-state index in [-0.39, 0.29) is 0 Å². The normalized spacial score (nSPS) is 14.6. The number of rotatable bonds is 8. The van der Waals surface area contributed by atoms with Gasteiger partial charge in [0, 0.05) is 13.1 Å². The number of halogens is 1. The molecule has 1 aromatic rings. The van der Waals surface area contributed by atoms with E-state index in [1.807, 2.05) is 11.7 Å². The molecular weight excluding hydrogens is 258 g/mol. The molecule has 19 heavy (non-hydrogen) atoms. The molecule has 2 unspecified atom stereocenters. The van der Waals surface area contributed by atoms with E-state index in [1.54, 1.807) is 0 Å². The summed E-state index contributed by atoms with van der Waals surface area (Å²) in [6.07, 6.45) is 4.22. The van der Waals surface area contributed by atoms with E-state index in [2.05, 4.69) is 38.1 Å². The van der Waals surface area contributed by atoms with Crippen molar-refractivity contribution in [3.8, 4) is 0 Å². The molecule has 0 aliphatic heterocycles. The van der Waals surface area contributed by atoms with Gasteiger partial charge in [-0.3, -0.25) is 4.68 Å². The molecule has 0 radical (unpaired) electrons. The van der Waals surface area contributed by atoms with Crippen LogP contribution >= 0.6 is 11.6 Å². The van der Waals surface area contributed by atoms with Crippen molar-refractivity contribution in [2.24, 2.45) is 13.0 Å². The average molecular weight is 286 g/mol. The molecule has 3 nitrogen and oxygen atoms in total. The molecule has 0 aliphatic rings. The Kier molecular flexibility index (Phi) is 6.87. The summed E-state index contributed by atoms with van der Waals surface area (Å²) in [6.45, 7) is 9.90. The fourth-order valence-corrected chi connectivity index (χ4v) is 2.87. The van der Waals surface area contributed by atoms with Crippen molar-refractivity contribution in [2.75, 3.05) is 6.54 Å². The second kappa shape index (κ2) is 7.91. The minimum Gasteiger partial charge on any atom is -0.314 e. The molecule has 2 atom stereocenters. The number of aromatic nitrogens is 2. The number of nitrogens with zero attached hydrogens (tertiary/aromatic N) is 2. The Labute approximate surface area is 122 Å². The van der Waals surface area contributed by atoms with Crippen LogP contribution in [0.15, 0.2) is 0 Å². The molecule has 1 rings (SSSR count). The van der Waals surface area contributed by atoms with E-state index in [0.717, 1.165) is 36.5 Å². The van der Waals surface area contributed by atoms with Crippen LogP contribution in [0.1, 0.15) is 51.9 Å². The van der Waals surface area contributed by atoms with Gasteiger partial charge in [-0.05, 0) is 38.6 Å². The summed E-state index contributed by atoms with van der Waals surface area (Å²) in [6, 6.07) is 0.515. The Bertz CT molecular complexity index is 387. The van der Waals surface area contributed by atoms with Gasteiger partial charge in [-0.25, -0.2) is 0 Å². The van der Waals surface area contributed by atoms with E-state index in [1.165, 1.54) is 12.1 Å². The third-order valence-corrected chi connectivity index (χ3v) is 4.34. The fourth-order valence-electron chi connectivity index (χ4n) is 2.50. The maximum atomic E-state index is 6.44. The van der Waals surface area contributed by atoms with E-state index >= 15 is 0 Å². The second-order valence-electron chi connectivity index (χ2n) is 5.30. The summed E-state index contributed by atoms with van der Waals surface area (Å²) < 4.78 is 1.95. The van der Waals surface area contributed by atoms with Gasteiger partial charge in [0.2, 0.25) is 0 Å². The van der Waals surface area contributed by atoms with Crippen LogP contribution in [-0.4, -0.2) is 22.4 Å². The van der Waals surface area contributed by atoms with Crippen molar-refractivity contribution < 1.29 is 0 Å². The van der Waals surface area contributed by atoms with E-state index in [4.69, 9.17) is 11.6 Å². The van der Waals surface area contributed by atoms with Crippen LogP contribution in [0.25, 0.3) is 0 Å². The lowest BCUT2D eigenvalue weighted by Gasteiger charge is -2.24. The van der Waals surface area contributed by atoms with Crippen LogP contribution in [0.5, 0.6) is 0 Å². The lowest BCUT2D eigenvalue weighted by Crippen LogP contribution is -2.35. The van der Waals surface area contributed by atoms with Crippen LogP contribution in [0.2, 0.25) is 5.02 Å². The number of hydrogen-bond donors (Lipinski definition) is 1. The smallest absolute Gasteiger partial charge is 0.0849 e. The van der Waals surface area contributed by atoms with E-state index in [0.29, 0.717) is 12.0 Å². The van der Waals surface area contributed by atoms with Crippen LogP contribution in [0, 0.1) is 5.92 Å². The second-order valence-corrected chi connectivity index (χ2v) is 5.68. The molecule has 110 valence electrons. The van der Waals surface area contributed by atoms with Gasteiger partial charge in [0.15, 0.2) is 0 Å². The zero-order chi connectivity index (χ0) is 14.4. The molecule has 0 aliphatic carbocycles. The molecule has 0 aromatic carbocycles. The number of nitrogens with one attached hydrogen (secondary N) is 1. The summed E-state index contributed by atoms with van der Waals surface area (Å²) in [5.41, 5.74) is 2.19. The van der Waals surface area contributed by atoms with Crippen LogP contribution < -0.4 is 5.32 Å². The quantitative estimate of drug-likeness (QED) is 0.791. The maximum absolute atomic E-state index is 6.44. The molecule has 4 heteroatoms. The first-order chi connectivity index (χ1) is 9.04. The first-order valence-corrected chi connectivity index (χ1v) is 7.86. The van der Waals surface area contributed by atoms with E-state index in [9.17, 15) is 0 Å². The van der Waals surface area contributed by atoms with Crippen LogP contribution in [0.3, 0.4) is 0 Å². The monoisotopic (exact) mass is 285 g/mol. The van der Waals surface area contributed by atoms with Crippen molar-refractivity contribution in [3.05, 3.63) is 16.4 Å². The minimum absolute atomic E-state index is 0.515. The molecule has 1 N–H and O–H groups in total. The zero-order valence-electron chi connectivity index (χ0n) is 13.0. The summed E-state index contributed by atoms with van der Waals surface area (Å²) in [5.74, 6) is 0.601. The van der Waals surface area contributed by atoms with Gasteiger partial charge >= 0.3 is 0 Å². The maximum Gasteiger partial charge on any atom is 0.0849 e. The molecule has 0 saturated carbocycles. The Morgan fingerprint density at radius 3 is 2.47 bits per heavy atom. The van der Waals surface area contributed by atoms with Gasteiger partial charge in [0.05, 0.1) is 16.4 Å². The van der Waals surface area contributed by atoms with Crippen LogP contribution in [0.4, 0.5) is 0 Å². The van der Waals surface area contributed by atoms with Gasteiger partial charge in [0.1, 0.15) is 0 Å². The largest absolute Gasteiger partial charge is 0.314 e. The first kappa shape index (κ1) is 16.5. The van der Waals surface area contributed by atoms with E-state index < -0.39 is 0 Å². The predicted octanol–water partition coefficient (Wildman–Crippen LogP) is 3.59. The summed E-state index contributed by atoms with van der Waals surface area (Å²) in [4.78, 5) is 0. The number of aryl methyl sites for hydroxylation is 2. The Hall–Kier alpha value is -0.540. The molecule has 0 fully saturated rings. The number of hydrogen-bond acceptors (Lipinski definition) is 2. The molecule has 0 amide bonds. The van der Waals surface area contributed by atoms with Gasteiger partial charge in [-0.2, -0.15) is 5.10 Å². The Morgan fingerprint density at radius 1 is 1.32 bits per heavy atom. The van der Waals surface area contributed by atoms with Crippen molar-refractivity contribution >= 4 is 11.6 Å². The van der Waals surface area contributed by atoms with Gasteiger partial charge in [-0.15, -0.1) is 0 Å². The van der Waals surface area contributed by atoms with Gasteiger partial charge < -0.3 is 5.32 Å². The molecule has 0 saturated heterocycles. The third-order valence-electron chi connectivity index (χ3n) is 3.91. The Balaban J connectivity index is 2.78. The fraction of sp³-hybridized carbons (Fsp3) is 0.800. The van der Waals surface area contributed by atoms with Crippen molar-refractivity contribution in [1.82, 2.24) is 15.1 Å².